The number of carbonyl (C=O) groups excluding carboxylic acids is 2. The van der Waals surface area contributed by atoms with E-state index in [1.807, 2.05) is 106 Å². The molecule has 0 saturated carbocycles. The van der Waals surface area contributed by atoms with Crippen molar-refractivity contribution < 1.29 is 23.1 Å². The molecule has 5 N–H and O–H groups in total. The second-order valence-corrected chi connectivity index (χ2v) is 13.8. The second kappa shape index (κ2) is 16.4. The van der Waals surface area contributed by atoms with E-state index in [-0.39, 0.29) is 41.2 Å². The number of aliphatic hydroxyl groups excluding tert-OH is 1. The quantitative estimate of drug-likeness (QED) is 0.118. The molecular weight excluding hydrogens is 612 g/mol. The molecule has 0 aromatic heterocycles. The van der Waals surface area contributed by atoms with Crippen LogP contribution in [0.1, 0.15) is 75.8 Å². The number of hydrogen-bond donors (Lipinski definition) is 5. The van der Waals surface area contributed by atoms with Crippen molar-refractivity contribution in [2.75, 3.05) is 17.0 Å². The van der Waals surface area contributed by atoms with Crippen LogP contribution in [0.4, 0.5) is 5.69 Å². The molecule has 0 bridgehead atoms. The van der Waals surface area contributed by atoms with Crippen LogP contribution >= 0.6 is 0 Å². The molecule has 9 nitrogen and oxygen atoms in total. The molecule has 0 radical (unpaired) electrons. The van der Waals surface area contributed by atoms with Crippen LogP contribution in [-0.4, -0.2) is 49.8 Å². The van der Waals surface area contributed by atoms with Crippen LogP contribution in [0.5, 0.6) is 0 Å². The van der Waals surface area contributed by atoms with Gasteiger partial charge in [-0.25, -0.2) is 8.42 Å². The lowest BCUT2D eigenvalue weighted by Crippen LogP contribution is -2.49. The topological polar surface area (TPSA) is 137 Å². The van der Waals surface area contributed by atoms with E-state index in [1.54, 1.807) is 0 Å². The average Bonchev–Trinajstić information content (AvgIpc) is 3.07. The second-order valence-electron chi connectivity index (χ2n) is 11.8. The summed E-state index contributed by atoms with van der Waals surface area (Å²) in [4.78, 5) is 27.2. The van der Waals surface area contributed by atoms with Gasteiger partial charge in [-0.05, 0) is 69.0 Å². The Labute approximate surface area is 277 Å². The van der Waals surface area contributed by atoms with Crippen molar-refractivity contribution in [3.8, 4) is 0 Å². The van der Waals surface area contributed by atoms with E-state index in [0.29, 0.717) is 6.42 Å². The van der Waals surface area contributed by atoms with E-state index in [1.165, 1.54) is 25.1 Å². The zero-order chi connectivity index (χ0) is 34.0. The van der Waals surface area contributed by atoms with Gasteiger partial charge in [-0.1, -0.05) is 90.5 Å². The third-order valence-electron chi connectivity index (χ3n) is 8.05. The maximum atomic E-state index is 13.8. The minimum absolute atomic E-state index is 0.0408. The van der Waals surface area contributed by atoms with Crippen molar-refractivity contribution in [3.05, 3.63) is 137 Å². The maximum Gasteiger partial charge on any atom is 0.251 e. The van der Waals surface area contributed by atoms with Gasteiger partial charge in [-0.2, -0.15) is 0 Å². The zero-order valence-corrected chi connectivity index (χ0v) is 28.1. The molecule has 0 saturated heterocycles. The lowest BCUT2D eigenvalue weighted by atomic mass is 9.99. The van der Waals surface area contributed by atoms with Crippen molar-refractivity contribution in [2.45, 2.75) is 58.3 Å². The molecule has 0 heterocycles. The first-order valence-corrected chi connectivity index (χ1v) is 17.4. The maximum absolute atomic E-state index is 13.8. The van der Waals surface area contributed by atoms with Crippen molar-refractivity contribution in [3.63, 3.8) is 0 Å². The van der Waals surface area contributed by atoms with Crippen LogP contribution in [0, 0.1) is 6.92 Å². The summed E-state index contributed by atoms with van der Waals surface area (Å²) in [5.41, 5.74) is 4.32. The number of amides is 2. The lowest BCUT2D eigenvalue weighted by Gasteiger charge is -2.26. The van der Waals surface area contributed by atoms with Crippen molar-refractivity contribution in [1.29, 1.82) is 0 Å². The Morgan fingerprint density at radius 2 is 1.30 bits per heavy atom. The Morgan fingerprint density at radius 1 is 0.745 bits per heavy atom. The highest BCUT2D eigenvalue weighted by Gasteiger charge is 2.25. The van der Waals surface area contributed by atoms with Crippen molar-refractivity contribution in [1.82, 2.24) is 16.0 Å². The number of aliphatic hydroxyl groups is 1. The van der Waals surface area contributed by atoms with Gasteiger partial charge in [0.05, 0.1) is 29.6 Å². The summed E-state index contributed by atoms with van der Waals surface area (Å²) in [5, 5.41) is 20.6. The zero-order valence-electron chi connectivity index (χ0n) is 27.2. The highest BCUT2D eigenvalue weighted by molar-refractivity contribution is 7.92. The molecule has 0 unspecified atom stereocenters. The SMILES string of the molecule is CCS(=O)(=O)Nc1cc(C(=O)N[C@@H](C)c2ccccc2)cc(C(=O)N[C@@H](Cc2ccccc2)[C@H](O)CN[C@H](C)c2ccc(C)cc2)c1. The molecular formula is C37H44N4O5S. The minimum atomic E-state index is -3.70. The summed E-state index contributed by atoms with van der Waals surface area (Å²) in [6, 6.07) is 30.2. The van der Waals surface area contributed by atoms with Gasteiger partial charge in [0.2, 0.25) is 10.0 Å². The summed E-state index contributed by atoms with van der Waals surface area (Å²) in [6.07, 6.45) is -0.623. The van der Waals surface area contributed by atoms with E-state index >= 15 is 0 Å². The number of rotatable bonds is 15. The lowest BCUT2D eigenvalue weighted by molar-refractivity contribution is 0.0825. The molecule has 47 heavy (non-hydrogen) atoms. The van der Waals surface area contributed by atoms with Crippen LogP contribution in [0.25, 0.3) is 0 Å². The first-order valence-electron chi connectivity index (χ1n) is 15.8. The predicted octanol–water partition coefficient (Wildman–Crippen LogP) is 5.30. The monoisotopic (exact) mass is 656 g/mol. The largest absolute Gasteiger partial charge is 0.390 e. The summed E-state index contributed by atoms with van der Waals surface area (Å²) in [7, 11) is -3.70. The molecule has 0 fully saturated rings. The fourth-order valence-corrected chi connectivity index (χ4v) is 5.74. The van der Waals surface area contributed by atoms with Gasteiger partial charge in [0.1, 0.15) is 0 Å². The molecule has 0 aliphatic heterocycles. The van der Waals surface area contributed by atoms with Gasteiger partial charge in [-0.3, -0.25) is 14.3 Å². The Kier molecular flexibility index (Phi) is 12.3. The molecule has 0 aliphatic rings. The summed E-state index contributed by atoms with van der Waals surface area (Å²) >= 11 is 0. The third-order valence-corrected chi connectivity index (χ3v) is 9.35. The van der Waals surface area contributed by atoms with Gasteiger partial charge < -0.3 is 21.1 Å². The fraction of sp³-hybridized carbons (Fsp3) is 0.297. The number of sulfonamides is 1. The number of aryl methyl sites for hydroxylation is 1. The first-order chi connectivity index (χ1) is 22.4. The highest BCUT2D eigenvalue weighted by Crippen LogP contribution is 2.20. The van der Waals surface area contributed by atoms with Gasteiger partial charge in [-0.15, -0.1) is 0 Å². The van der Waals surface area contributed by atoms with Crippen molar-refractivity contribution in [2.24, 2.45) is 0 Å². The molecule has 4 atom stereocenters. The number of hydrogen-bond acceptors (Lipinski definition) is 6. The molecule has 4 rings (SSSR count). The molecule has 10 heteroatoms. The standard InChI is InChI=1S/C37H44N4O5S/c1-5-47(45,46)41-33-22-31(36(43)39-27(4)29-14-10-7-11-15-29)21-32(23-33)37(44)40-34(20-28-12-8-6-9-13-28)35(42)24-38-26(3)30-18-16-25(2)17-19-30/h6-19,21-23,26-27,34-35,38,41-42H,5,20,24H2,1-4H3,(H,39,43)(H,40,44)/t26-,27+,34+,35-/m1/s1. The predicted molar refractivity (Wildman–Crippen MR) is 187 cm³/mol. The summed E-state index contributed by atoms with van der Waals surface area (Å²) in [5.74, 6) is -1.21. The molecule has 4 aromatic rings. The van der Waals surface area contributed by atoms with Crippen LogP contribution in [-0.2, 0) is 16.4 Å². The third kappa shape index (κ3) is 10.5. The van der Waals surface area contributed by atoms with E-state index in [9.17, 15) is 23.1 Å². The minimum Gasteiger partial charge on any atom is -0.390 e. The van der Waals surface area contributed by atoms with Gasteiger partial charge >= 0.3 is 0 Å². The first kappa shape index (κ1) is 35.3. The van der Waals surface area contributed by atoms with Crippen LogP contribution in [0.15, 0.2) is 103 Å². The smallest absolute Gasteiger partial charge is 0.251 e. The highest BCUT2D eigenvalue weighted by atomic mass is 32.2. The Morgan fingerprint density at radius 3 is 1.89 bits per heavy atom. The van der Waals surface area contributed by atoms with E-state index in [4.69, 9.17) is 0 Å². The fourth-order valence-electron chi connectivity index (χ4n) is 5.12. The molecule has 0 spiro atoms. The van der Waals surface area contributed by atoms with E-state index < -0.39 is 34.0 Å². The Hall–Kier alpha value is -4.51. The van der Waals surface area contributed by atoms with Crippen LogP contribution in [0.3, 0.4) is 0 Å². The molecule has 0 aliphatic carbocycles. The van der Waals surface area contributed by atoms with E-state index in [2.05, 4.69) is 20.7 Å². The van der Waals surface area contributed by atoms with Crippen LogP contribution in [0.2, 0.25) is 0 Å². The van der Waals surface area contributed by atoms with Crippen molar-refractivity contribution >= 4 is 27.5 Å². The normalized spacial score (nSPS) is 14.0. The number of anilines is 1. The van der Waals surface area contributed by atoms with E-state index in [0.717, 1.165) is 22.3 Å². The number of benzene rings is 4. The van der Waals surface area contributed by atoms with Crippen LogP contribution < -0.4 is 20.7 Å². The number of nitrogens with one attached hydrogen (secondary N) is 4. The summed E-state index contributed by atoms with van der Waals surface area (Å²) in [6.45, 7) is 7.58. The number of carbonyl (C=O) groups is 2. The average molecular weight is 657 g/mol. The molecule has 2 amide bonds. The molecule has 248 valence electrons. The summed E-state index contributed by atoms with van der Waals surface area (Å²) < 4.78 is 27.4. The molecule has 4 aromatic carbocycles. The Bertz CT molecular complexity index is 1730. The Balaban J connectivity index is 1.58. The van der Waals surface area contributed by atoms with Gasteiger partial charge in [0, 0.05) is 23.7 Å². The van der Waals surface area contributed by atoms with Gasteiger partial charge in [0.25, 0.3) is 11.8 Å². The van der Waals surface area contributed by atoms with Gasteiger partial charge in [0.15, 0.2) is 0 Å².